The van der Waals surface area contributed by atoms with E-state index in [0.717, 1.165) is 11.1 Å². The maximum atomic E-state index is 12.8. The number of carboxylic acids is 1. The minimum absolute atomic E-state index is 0.132. The van der Waals surface area contributed by atoms with Crippen LogP contribution in [-0.4, -0.2) is 54.6 Å². The first-order valence-corrected chi connectivity index (χ1v) is 12.5. The molecule has 0 saturated carbocycles. The summed E-state index contributed by atoms with van der Waals surface area (Å²) in [5.41, 5.74) is 2.75. The van der Waals surface area contributed by atoms with E-state index in [9.17, 15) is 24.3 Å². The molecular weight excluding hydrogens is 532 g/mol. The van der Waals surface area contributed by atoms with Gasteiger partial charge >= 0.3 is 11.9 Å². The van der Waals surface area contributed by atoms with Crippen molar-refractivity contribution in [3.05, 3.63) is 88.5 Å². The van der Waals surface area contributed by atoms with Crippen LogP contribution in [0.1, 0.15) is 27.0 Å². The molecule has 11 nitrogen and oxygen atoms in total. The molecule has 0 fully saturated rings. The van der Waals surface area contributed by atoms with Crippen LogP contribution < -0.4 is 24.8 Å². The molecule has 4 N–H and O–H groups in total. The number of carbonyl (C=O) groups is 4. The van der Waals surface area contributed by atoms with Crippen molar-refractivity contribution in [1.82, 2.24) is 5.32 Å². The molecule has 1 aliphatic rings. The lowest BCUT2D eigenvalue weighted by molar-refractivity contribution is -0.147. The van der Waals surface area contributed by atoms with Crippen molar-refractivity contribution in [1.29, 1.82) is 0 Å². The quantitative estimate of drug-likeness (QED) is 0.273. The van der Waals surface area contributed by atoms with Gasteiger partial charge in [-0.25, -0.2) is 4.79 Å². The van der Waals surface area contributed by atoms with E-state index < -0.39 is 17.7 Å². The molecule has 212 valence electrons. The molecule has 1 aliphatic carbocycles. The molecule has 0 atom stereocenters. The fourth-order valence-electron chi connectivity index (χ4n) is 4.29. The van der Waals surface area contributed by atoms with Gasteiger partial charge in [-0.2, -0.15) is 0 Å². The van der Waals surface area contributed by atoms with Gasteiger partial charge in [0.15, 0.2) is 5.78 Å². The summed E-state index contributed by atoms with van der Waals surface area (Å²) < 4.78 is 16.2. The number of phenols is 1. The van der Waals surface area contributed by atoms with Crippen molar-refractivity contribution in [2.24, 2.45) is 0 Å². The van der Waals surface area contributed by atoms with Gasteiger partial charge in [0.25, 0.3) is 0 Å². The second kappa shape index (κ2) is 12.7. The van der Waals surface area contributed by atoms with Gasteiger partial charge < -0.3 is 35.1 Å². The number of hydrogen-bond acceptors (Lipinski definition) is 8. The van der Waals surface area contributed by atoms with Crippen LogP contribution in [0.25, 0.3) is 0 Å². The molecule has 4 rings (SSSR count). The van der Waals surface area contributed by atoms with Gasteiger partial charge in [-0.1, -0.05) is 18.2 Å². The Morgan fingerprint density at radius 1 is 0.927 bits per heavy atom. The summed E-state index contributed by atoms with van der Waals surface area (Å²) in [5, 5.41) is 24.4. The number of benzene rings is 3. The molecule has 0 aromatic heterocycles. The monoisotopic (exact) mass is 560 g/mol. The molecule has 0 aliphatic heterocycles. The fourth-order valence-corrected chi connectivity index (χ4v) is 4.29. The molecule has 0 heterocycles. The molecule has 0 bridgehead atoms. The predicted molar refractivity (Wildman–Crippen MR) is 148 cm³/mol. The number of fused-ring (bicyclic) bond motifs is 1. The van der Waals surface area contributed by atoms with E-state index in [1.54, 1.807) is 37.4 Å². The first kappa shape index (κ1) is 28.7. The number of rotatable bonds is 10. The average Bonchev–Trinajstić information content (AvgIpc) is 2.96. The van der Waals surface area contributed by atoms with Crippen LogP contribution in [0.5, 0.6) is 23.0 Å². The van der Waals surface area contributed by atoms with Gasteiger partial charge in [0.1, 0.15) is 23.0 Å². The second-order valence-electron chi connectivity index (χ2n) is 9.11. The number of anilines is 1. The third-order valence-corrected chi connectivity index (χ3v) is 6.38. The van der Waals surface area contributed by atoms with Crippen molar-refractivity contribution in [3.8, 4) is 23.0 Å². The maximum absolute atomic E-state index is 12.8. The van der Waals surface area contributed by atoms with Gasteiger partial charge in [-0.15, -0.1) is 0 Å². The molecule has 0 unspecified atom stereocenters. The summed E-state index contributed by atoms with van der Waals surface area (Å²) >= 11 is 0. The Bertz CT molecular complexity index is 1530. The molecule has 0 radical (unpaired) electrons. The van der Waals surface area contributed by atoms with Crippen LogP contribution in [-0.2, 0) is 33.8 Å². The van der Waals surface area contributed by atoms with Crippen molar-refractivity contribution >= 4 is 29.3 Å². The second-order valence-corrected chi connectivity index (χ2v) is 9.11. The number of carboxylic acid groups (broad SMARTS) is 1. The number of aliphatic carboxylic acids is 1. The van der Waals surface area contributed by atoms with Gasteiger partial charge in [0, 0.05) is 31.0 Å². The van der Waals surface area contributed by atoms with Crippen LogP contribution in [0.4, 0.5) is 5.69 Å². The number of methoxy groups -OCH3 is 2. The Hall–Kier alpha value is -5.32. The number of aromatic hydroxyl groups is 1. The lowest BCUT2D eigenvalue weighted by atomic mass is 9.89. The Labute approximate surface area is 235 Å². The van der Waals surface area contributed by atoms with Crippen molar-refractivity contribution in [3.63, 3.8) is 0 Å². The number of carbonyl (C=O) groups excluding carboxylic acids is 3. The smallest absolute Gasteiger partial charge is 0.394 e. The van der Waals surface area contributed by atoms with Crippen molar-refractivity contribution in [2.75, 3.05) is 26.1 Å². The Morgan fingerprint density at radius 3 is 2.34 bits per heavy atom. The Balaban J connectivity index is 1.38. The molecule has 0 spiro atoms. The summed E-state index contributed by atoms with van der Waals surface area (Å²) in [6, 6.07) is 15.1. The number of allylic oxidation sites excluding steroid dienone is 1. The van der Waals surface area contributed by atoms with Crippen molar-refractivity contribution < 1.29 is 43.6 Å². The van der Waals surface area contributed by atoms with Gasteiger partial charge in [0.05, 0.1) is 32.1 Å². The number of ketones is 1. The maximum Gasteiger partial charge on any atom is 0.394 e. The molecule has 11 heteroatoms. The average molecular weight is 561 g/mol. The lowest BCUT2D eigenvalue weighted by Gasteiger charge is -2.19. The van der Waals surface area contributed by atoms with E-state index in [0.29, 0.717) is 23.5 Å². The standard InChI is InChI=1S/C30H28N2O9/c1-39-21-6-3-18(4-7-21)16-31-28(35)20-12-19-13-22(15-25(34)27(19)24(33)14-20)41-10-9-17-5-8-23(26(11-17)40-2)32-29(36)30(37)38/h3-8,11,13-15,34H,9-10,12,16H2,1-2H3,(H,31,35)(H,32,36)(H,37,38). The van der Waals surface area contributed by atoms with E-state index in [2.05, 4.69) is 10.6 Å². The van der Waals surface area contributed by atoms with E-state index in [4.69, 9.17) is 19.3 Å². The van der Waals surface area contributed by atoms with E-state index in [-0.39, 0.29) is 53.8 Å². The molecule has 2 amide bonds. The predicted octanol–water partition coefficient (Wildman–Crippen LogP) is 3.04. The number of nitrogens with one attached hydrogen (secondary N) is 2. The van der Waals surface area contributed by atoms with E-state index >= 15 is 0 Å². The highest BCUT2D eigenvalue weighted by molar-refractivity contribution is 6.36. The molecule has 0 saturated heterocycles. The summed E-state index contributed by atoms with van der Waals surface area (Å²) in [6.07, 6.45) is 1.79. The topological polar surface area (TPSA) is 160 Å². The number of phenolic OH excluding ortho intramolecular Hbond substituents is 1. The summed E-state index contributed by atoms with van der Waals surface area (Å²) in [4.78, 5) is 47.8. The van der Waals surface area contributed by atoms with Crippen LogP contribution in [0.15, 0.2) is 66.2 Å². The van der Waals surface area contributed by atoms with Crippen LogP contribution in [0, 0.1) is 0 Å². The highest BCUT2D eigenvalue weighted by atomic mass is 16.5. The van der Waals surface area contributed by atoms with Gasteiger partial charge in [-0.05, 0) is 53.1 Å². The molecule has 3 aromatic carbocycles. The lowest BCUT2D eigenvalue weighted by Crippen LogP contribution is -2.28. The normalized spacial score (nSPS) is 12.0. The van der Waals surface area contributed by atoms with E-state index in [1.165, 1.54) is 25.3 Å². The van der Waals surface area contributed by atoms with Crippen LogP contribution in [0.3, 0.4) is 0 Å². The molecule has 41 heavy (non-hydrogen) atoms. The first-order valence-electron chi connectivity index (χ1n) is 12.5. The number of ether oxygens (including phenoxy) is 3. The molecular formula is C30H28N2O9. The minimum atomic E-state index is -1.61. The molecule has 3 aromatic rings. The highest BCUT2D eigenvalue weighted by Gasteiger charge is 2.25. The number of hydrogen-bond donors (Lipinski definition) is 4. The third-order valence-electron chi connectivity index (χ3n) is 6.38. The Kier molecular flexibility index (Phi) is 8.88. The summed E-state index contributed by atoms with van der Waals surface area (Å²) in [5.74, 6) is -2.58. The SMILES string of the molecule is COc1ccc(CNC(=O)C2=CC(=O)c3c(O)cc(OCCc4ccc(NC(=O)C(=O)O)c(OC)c4)cc3C2)cc1. The zero-order chi connectivity index (χ0) is 29.5. The van der Waals surface area contributed by atoms with E-state index in [1.807, 2.05) is 12.1 Å². The first-order chi connectivity index (χ1) is 19.7. The Morgan fingerprint density at radius 2 is 1.66 bits per heavy atom. The van der Waals surface area contributed by atoms with Crippen molar-refractivity contribution in [2.45, 2.75) is 19.4 Å². The van der Waals surface area contributed by atoms with Crippen LogP contribution in [0.2, 0.25) is 0 Å². The van der Waals surface area contributed by atoms with Gasteiger partial charge in [0.2, 0.25) is 5.91 Å². The third kappa shape index (κ3) is 7.01. The minimum Gasteiger partial charge on any atom is -0.507 e. The zero-order valence-electron chi connectivity index (χ0n) is 22.4. The highest BCUT2D eigenvalue weighted by Crippen LogP contribution is 2.33. The van der Waals surface area contributed by atoms with Crippen LogP contribution >= 0.6 is 0 Å². The fraction of sp³-hybridized carbons (Fsp3) is 0.200. The number of amides is 2. The zero-order valence-corrected chi connectivity index (χ0v) is 22.4. The largest absolute Gasteiger partial charge is 0.507 e. The van der Waals surface area contributed by atoms with Gasteiger partial charge in [-0.3, -0.25) is 14.4 Å². The summed E-state index contributed by atoms with van der Waals surface area (Å²) in [7, 11) is 2.97. The summed E-state index contributed by atoms with van der Waals surface area (Å²) in [6.45, 7) is 0.467.